The summed E-state index contributed by atoms with van der Waals surface area (Å²) in [4.78, 5) is 19.4. The summed E-state index contributed by atoms with van der Waals surface area (Å²) >= 11 is 0. The molecule has 2 heterocycles. The van der Waals surface area contributed by atoms with Crippen molar-refractivity contribution in [3.8, 4) is 0 Å². The molecular weight excluding hydrogens is 278 g/mol. The Morgan fingerprint density at radius 2 is 2.27 bits per heavy atom. The molecule has 0 N–H and O–H groups in total. The van der Waals surface area contributed by atoms with Crippen LogP contribution in [0.4, 0.5) is 0 Å². The maximum Gasteiger partial charge on any atom is 0.261 e. The fraction of sp³-hybridized carbons (Fsp3) is 0.529. The second-order valence-electron chi connectivity index (χ2n) is 6.17. The minimum Gasteiger partial charge on any atom is -0.383 e. The summed E-state index contributed by atoms with van der Waals surface area (Å²) < 4.78 is 6.89. The number of fused-ring (bicyclic) bond motifs is 1. The number of hydrogen-bond acceptors (Lipinski definition) is 4. The van der Waals surface area contributed by atoms with Crippen LogP contribution in [0, 0.1) is 12.8 Å². The van der Waals surface area contributed by atoms with Gasteiger partial charge in [0.05, 0.1) is 23.8 Å². The standard InChI is InChI=1S/C17H23N3O2/c1-13-3-4-15-16(9-13)18-12-20(17(15)21)11-14-5-6-19(10-14)7-8-22-2/h3-4,9,12,14H,5-8,10-11H2,1-2H3/t14-/m0/s1. The second-order valence-corrected chi connectivity index (χ2v) is 6.17. The summed E-state index contributed by atoms with van der Waals surface area (Å²) in [5.74, 6) is 0.513. The normalized spacial score (nSPS) is 19.1. The summed E-state index contributed by atoms with van der Waals surface area (Å²) in [7, 11) is 1.73. The van der Waals surface area contributed by atoms with E-state index in [4.69, 9.17) is 4.74 Å². The van der Waals surface area contributed by atoms with Crippen molar-refractivity contribution in [3.05, 3.63) is 40.4 Å². The molecular formula is C17H23N3O2. The van der Waals surface area contributed by atoms with Gasteiger partial charge in [-0.15, -0.1) is 0 Å². The van der Waals surface area contributed by atoms with E-state index in [-0.39, 0.29) is 5.56 Å². The lowest BCUT2D eigenvalue weighted by Crippen LogP contribution is -2.28. The molecule has 1 fully saturated rings. The van der Waals surface area contributed by atoms with Gasteiger partial charge in [0.15, 0.2) is 0 Å². The summed E-state index contributed by atoms with van der Waals surface area (Å²) in [5, 5.41) is 0.710. The summed E-state index contributed by atoms with van der Waals surface area (Å²) in [6, 6.07) is 5.82. The Labute approximate surface area is 130 Å². The highest BCUT2D eigenvalue weighted by atomic mass is 16.5. The predicted octanol–water partition coefficient (Wildman–Crippen LogP) is 1.67. The number of hydrogen-bond donors (Lipinski definition) is 0. The zero-order chi connectivity index (χ0) is 15.5. The maximum atomic E-state index is 12.6. The molecule has 0 bridgehead atoms. The lowest BCUT2D eigenvalue weighted by Gasteiger charge is -2.16. The van der Waals surface area contributed by atoms with Gasteiger partial charge in [-0.05, 0) is 43.5 Å². The first kappa shape index (κ1) is 15.2. The Balaban J connectivity index is 1.73. The van der Waals surface area contributed by atoms with Gasteiger partial charge in [-0.25, -0.2) is 4.98 Å². The Morgan fingerprint density at radius 1 is 1.41 bits per heavy atom. The van der Waals surface area contributed by atoms with Crippen molar-refractivity contribution in [1.29, 1.82) is 0 Å². The fourth-order valence-corrected chi connectivity index (χ4v) is 3.16. The van der Waals surface area contributed by atoms with Crippen LogP contribution in [0.1, 0.15) is 12.0 Å². The molecule has 1 aliphatic rings. The van der Waals surface area contributed by atoms with E-state index in [0.717, 1.165) is 50.3 Å². The van der Waals surface area contributed by atoms with Gasteiger partial charge in [-0.2, -0.15) is 0 Å². The lowest BCUT2D eigenvalue weighted by molar-refractivity contribution is 0.158. The highest BCUT2D eigenvalue weighted by Gasteiger charge is 2.22. The van der Waals surface area contributed by atoms with Crippen LogP contribution in [0.15, 0.2) is 29.3 Å². The van der Waals surface area contributed by atoms with Crippen LogP contribution in [-0.2, 0) is 11.3 Å². The van der Waals surface area contributed by atoms with Gasteiger partial charge < -0.3 is 9.64 Å². The third-order valence-electron chi connectivity index (χ3n) is 4.42. The van der Waals surface area contributed by atoms with Crippen LogP contribution in [0.5, 0.6) is 0 Å². The highest BCUT2D eigenvalue weighted by molar-refractivity contribution is 5.77. The molecule has 1 aromatic carbocycles. The Hall–Kier alpha value is -1.72. The van der Waals surface area contributed by atoms with E-state index in [1.165, 1.54) is 0 Å². The van der Waals surface area contributed by atoms with Crippen molar-refractivity contribution in [2.24, 2.45) is 5.92 Å². The number of aromatic nitrogens is 2. The molecule has 1 atom stereocenters. The Bertz CT molecular complexity index is 711. The van der Waals surface area contributed by atoms with Crippen LogP contribution in [0.3, 0.4) is 0 Å². The third-order valence-corrected chi connectivity index (χ3v) is 4.42. The Morgan fingerprint density at radius 3 is 3.09 bits per heavy atom. The molecule has 0 aliphatic carbocycles. The predicted molar refractivity (Wildman–Crippen MR) is 87.2 cm³/mol. The van der Waals surface area contributed by atoms with Gasteiger partial charge in [0.1, 0.15) is 0 Å². The number of benzene rings is 1. The molecule has 0 spiro atoms. The lowest BCUT2D eigenvalue weighted by atomic mass is 10.1. The van der Waals surface area contributed by atoms with Crippen molar-refractivity contribution < 1.29 is 4.74 Å². The van der Waals surface area contributed by atoms with Gasteiger partial charge in [-0.3, -0.25) is 9.36 Å². The summed E-state index contributed by atoms with van der Waals surface area (Å²) in [5.41, 5.74) is 1.98. The molecule has 2 aromatic rings. The molecule has 3 rings (SSSR count). The van der Waals surface area contributed by atoms with Crippen LogP contribution in [0.2, 0.25) is 0 Å². The molecule has 5 nitrogen and oxygen atoms in total. The van der Waals surface area contributed by atoms with Crippen molar-refractivity contribution in [3.63, 3.8) is 0 Å². The van der Waals surface area contributed by atoms with E-state index in [2.05, 4.69) is 9.88 Å². The monoisotopic (exact) mass is 301 g/mol. The molecule has 1 aliphatic heterocycles. The SMILES string of the molecule is COCCN1CC[C@H](Cn2cnc3cc(C)ccc3c2=O)C1. The average molecular weight is 301 g/mol. The van der Waals surface area contributed by atoms with Crippen molar-refractivity contribution in [2.45, 2.75) is 19.9 Å². The number of likely N-dealkylation sites (tertiary alicyclic amines) is 1. The third kappa shape index (κ3) is 3.20. The van der Waals surface area contributed by atoms with Gasteiger partial charge in [0.2, 0.25) is 0 Å². The van der Waals surface area contributed by atoms with E-state index in [9.17, 15) is 4.79 Å². The van der Waals surface area contributed by atoms with Crippen molar-refractivity contribution >= 4 is 10.9 Å². The maximum absolute atomic E-state index is 12.6. The van der Waals surface area contributed by atoms with E-state index in [1.807, 2.05) is 25.1 Å². The average Bonchev–Trinajstić information content (AvgIpc) is 2.95. The van der Waals surface area contributed by atoms with Crippen LogP contribution >= 0.6 is 0 Å². The van der Waals surface area contributed by atoms with Crippen molar-refractivity contribution in [1.82, 2.24) is 14.5 Å². The summed E-state index contributed by atoms with van der Waals surface area (Å²) in [6.07, 6.45) is 2.82. The number of aryl methyl sites for hydroxylation is 1. The summed E-state index contributed by atoms with van der Waals surface area (Å²) in [6.45, 7) is 6.62. The zero-order valence-electron chi connectivity index (χ0n) is 13.3. The van der Waals surface area contributed by atoms with Crippen molar-refractivity contribution in [2.75, 3.05) is 33.4 Å². The van der Waals surface area contributed by atoms with E-state index < -0.39 is 0 Å². The smallest absolute Gasteiger partial charge is 0.261 e. The number of rotatable bonds is 5. The largest absolute Gasteiger partial charge is 0.383 e. The quantitative estimate of drug-likeness (QED) is 0.843. The molecule has 0 unspecified atom stereocenters. The second kappa shape index (κ2) is 6.58. The van der Waals surface area contributed by atoms with E-state index in [0.29, 0.717) is 11.3 Å². The molecule has 5 heteroatoms. The van der Waals surface area contributed by atoms with Gasteiger partial charge >= 0.3 is 0 Å². The van der Waals surface area contributed by atoms with Gasteiger partial charge in [0, 0.05) is 26.7 Å². The van der Waals surface area contributed by atoms with E-state index >= 15 is 0 Å². The van der Waals surface area contributed by atoms with Crippen LogP contribution in [-0.4, -0.2) is 47.8 Å². The minimum atomic E-state index is 0.0698. The molecule has 0 saturated carbocycles. The van der Waals surface area contributed by atoms with Gasteiger partial charge in [-0.1, -0.05) is 6.07 Å². The molecule has 22 heavy (non-hydrogen) atoms. The van der Waals surface area contributed by atoms with Crippen LogP contribution < -0.4 is 5.56 Å². The Kier molecular flexibility index (Phi) is 4.55. The topological polar surface area (TPSA) is 47.4 Å². The number of methoxy groups -OCH3 is 1. The molecule has 118 valence electrons. The van der Waals surface area contributed by atoms with E-state index in [1.54, 1.807) is 18.0 Å². The molecule has 1 saturated heterocycles. The molecule has 1 aromatic heterocycles. The minimum absolute atomic E-state index is 0.0698. The highest BCUT2D eigenvalue weighted by Crippen LogP contribution is 2.17. The first-order chi connectivity index (χ1) is 10.7. The fourth-order valence-electron chi connectivity index (χ4n) is 3.16. The first-order valence-corrected chi connectivity index (χ1v) is 7.84. The number of nitrogens with zero attached hydrogens (tertiary/aromatic N) is 3. The zero-order valence-corrected chi connectivity index (χ0v) is 13.3. The first-order valence-electron chi connectivity index (χ1n) is 7.84. The molecule has 0 radical (unpaired) electrons. The van der Waals surface area contributed by atoms with Crippen LogP contribution in [0.25, 0.3) is 10.9 Å². The van der Waals surface area contributed by atoms with Gasteiger partial charge in [0.25, 0.3) is 5.56 Å². The molecule has 0 amide bonds. The number of ether oxygens (including phenoxy) is 1.